The number of benzene rings is 3. The molecule has 3 rings (SSSR count). The standard InChI is InChI=1S/C25H21BrN2O2/c1-18(21-10-6-3-7-11-21)28-25(29)22(16-27)14-20-12-13-24(23(26)15-20)30-17-19-8-4-2-5-9-19/h2-15,18H,17H2,1H3,(H,28,29)/b22-14+/t18-/m1/s1. The number of nitrogens with zero attached hydrogens (tertiary/aromatic N) is 1. The Balaban J connectivity index is 1.68. The average Bonchev–Trinajstić information content (AvgIpc) is 2.78. The van der Waals surface area contributed by atoms with Crippen LogP contribution in [0, 0.1) is 11.3 Å². The van der Waals surface area contributed by atoms with Gasteiger partial charge < -0.3 is 10.1 Å². The second kappa shape index (κ2) is 10.4. The van der Waals surface area contributed by atoms with E-state index in [9.17, 15) is 10.1 Å². The van der Waals surface area contributed by atoms with Crippen LogP contribution in [0.1, 0.15) is 29.7 Å². The third-order valence-electron chi connectivity index (χ3n) is 4.52. The van der Waals surface area contributed by atoms with Gasteiger partial charge in [0.1, 0.15) is 24.0 Å². The third-order valence-corrected chi connectivity index (χ3v) is 5.14. The lowest BCUT2D eigenvalue weighted by atomic mass is 10.1. The van der Waals surface area contributed by atoms with Crippen molar-refractivity contribution in [2.24, 2.45) is 0 Å². The van der Waals surface area contributed by atoms with E-state index in [-0.39, 0.29) is 11.6 Å². The summed E-state index contributed by atoms with van der Waals surface area (Å²) < 4.78 is 6.60. The number of carbonyl (C=O) groups excluding carboxylic acids is 1. The molecule has 5 heteroatoms. The highest BCUT2D eigenvalue weighted by Crippen LogP contribution is 2.28. The highest BCUT2D eigenvalue weighted by molar-refractivity contribution is 9.10. The normalized spacial score (nSPS) is 12.0. The molecule has 1 N–H and O–H groups in total. The highest BCUT2D eigenvalue weighted by atomic mass is 79.9. The van der Waals surface area contributed by atoms with E-state index < -0.39 is 5.91 Å². The van der Waals surface area contributed by atoms with Crippen molar-refractivity contribution >= 4 is 27.9 Å². The number of hydrogen-bond acceptors (Lipinski definition) is 3. The maximum Gasteiger partial charge on any atom is 0.262 e. The second-order valence-electron chi connectivity index (χ2n) is 6.74. The molecule has 0 unspecified atom stereocenters. The number of rotatable bonds is 7. The predicted octanol–water partition coefficient (Wildman–Crippen LogP) is 5.81. The summed E-state index contributed by atoms with van der Waals surface area (Å²) >= 11 is 3.50. The molecule has 1 amide bonds. The molecule has 0 aliphatic heterocycles. The molecular formula is C25H21BrN2O2. The van der Waals surface area contributed by atoms with E-state index in [2.05, 4.69) is 21.2 Å². The molecule has 3 aromatic rings. The molecule has 0 heterocycles. The average molecular weight is 461 g/mol. The molecule has 0 aliphatic carbocycles. The van der Waals surface area contributed by atoms with E-state index in [1.54, 1.807) is 6.08 Å². The van der Waals surface area contributed by atoms with Crippen molar-refractivity contribution < 1.29 is 9.53 Å². The first kappa shape index (κ1) is 21.4. The number of carbonyl (C=O) groups is 1. The molecule has 0 radical (unpaired) electrons. The van der Waals surface area contributed by atoms with Gasteiger partial charge in [0.25, 0.3) is 5.91 Å². The van der Waals surface area contributed by atoms with Crippen LogP contribution in [-0.2, 0) is 11.4 Å². The molecule has 0 aromatic heterocycles. The van der Waals surface area contributed by atoms with Crippen molar-refractivity contribution in [3.05, 3.63) is 106 Å². The van der Waals surface area contributed by atoms with Crippen molar-refractivity contribution in [3.63, 3.8) is 0 Å². The number of ether oxygens (including phenoxy) is 1. The van der Waals surface area contributed by atoms with Gasteiger partial charge in [0.15, 0.2) is 0 Å². The van der Waals surface area contributed by atoms with Gasteiger partial charge in [0.05, 0.1) is 10.5 Å². The molecule has 0 bridgehead atoms. The van der Waals surface area contributed by atoms with Gasteiger partial charge in [0.2, 0.25) is 0 Å². The van der Waals surface area contributed by atoms with Crippen LogP contribution in [0.4, 0.5) is 0 Å². The van der Waals surface area contributed by atoms with Crippen LogP contribution in [0.15, 0.2) is 88.9 Å². The van der Waals surface area contributed by atoms with Gasteiger partial charge in [-0.1, -0.05) is 66.7 Å². The summed E-state index contributed by atoms with van der Waals surface area (Å²) in [6.45, 7) is 2.34. The number of amides is 1. The summed E-state index contributed by atoms with van der Waals surface area (Å²) in [4.78, 5) is 12.5. The molecule has 0 saturated carbocycles. The lowest BCUT2D eigenvalue weighted by molar-refractivity contribution is -0.117. The van der Waals surface area contributed by atoms with Gasteiger partial charge in [-0.15, -0.1) is 0 Å². The van der Waals surface area contributed by atoms with Gasteiger partial charge in [-0.3, -0.25) is 4.79 Å². The molecule has 3 aromatic carbocycles. The zero-order valence-corrected chi connectivity index (χ0v) is 18.1. The molecule has 0 spiro atoms. The summed E-state index contributed by atoms with van der Waals surface area (Å²) in [6.07, 6.45) is 1.57. The van der Waals surface area contributed by atoms with Crippen LogP contribution in [0.5, 0.6) is 5.75 Å². The first-order valence-corrected chi connectivity index (χ1v) is 10.3. The Morgan fingerprint density at radius 2 is 1.77 bits per heavy atom. The van der Waals surface area contributed by atoms with Gasteiger partial charge in [-0.2, -0.15) is 5.26 Å². The predicted molar refractivity (Wildman–Crippen MR) is 122 cm³/mol. The van der Waals surface area contributed by atoms with Crippen LogP contribution in [-0.4, -0.2) is 5.91 Å². The molecule has 30 heavy (non-hydrogen) atoms. The van der Waals surface area contributed by atoms with Crippen molar-refractivity contribution in [2.75, 3.05) is 0 Å². The Morgan fingerprint density at radius 1 is 1.10 bits per heavy atom. The van der Waals surface area contributed by atoms with E-state index in [1.165, 1.54) is 0 Å². The summed E-state index contributed by atoms with van der Waals surface area (Å²) in [5.74, 6) is 0.283. The van der Waals surface area contributed by atoms with E-state index in [1.807, 2.05) is 91.9 Å². The largest absolute Gasteiger partial charge is 0.488 e. The van der Waals surface area contributed by atoms with Crippen LogP contribution in [0.25, 0.3) is 6.08 Å². The molecule has 4 nitrogen and oxygen atoms in total. The lowest BCUT2D eigenvalue weighted by Gasteiger charge is -2.14. The quantitative estimate of drug-likeness (QED) is 0.357. The fraction of sp³-hybridized carbons (Fsp3) is 0.120. The smallest absolute Gasteiger partial charge is 0.262 e. The minimum absolute atomic E-state index is 0.0441. The highest BCUT2D eigenvalue weighted by Gasteiger charge is 2.14. The Hall–Kier alpha value is -3.36. The summed E-state index contributed by atoms with van der Waals surface area (Å²) in [7, 11) is 0. The molecular weight excluding hydrogens is 440 g/mol. The van der Waals surface area contributed by atoms with Crippen molar-refractivity contribution in [3.8, 4) is 11.8 Å². The fourth-order valence-corrected chi connectivity index (χ4v) is 3.38. The lowest BCUT2D eigenvalue weighted by Crippen LogP contribution is -2.27. The monoisotopic (exact) mass is 460 g/mol. The van der Waals surface area contributed by atoms with E-state index in [0.717, 1.165) is 21.2 Å². The number of hydrogen-bond donors (Lipinski definition) is 1. The first-order valence-electron chi connectivity index (χ1n) is 9.50. The van der Waals surface area contributed by atoms with Crippen molar-refractivity contribution in [1.82, 2.24) is 5.32 Å². The summed E-state index contributed by atoms with van der Waals surface area (Å²) in [6, 6.07) is 26.8. The molecule has 0 saturated heterocycles. The maximum absolute atomic E-state index is 12.5. The minimum Gasteiger partial charge on any atom is -0.488 e. The Labute approximate surface area is 184 Å². The molecule has 1 atom stereocenters. The van der Waals surface area contributed by atoms with E-state index in [4.69, 9.17) is 4.74 Å². The Kier molecular flexibility index (Phi) is 7.42. The first-order chi connectivity index (χ1) is 14.6. The number of nitrogens with one attached hydrogen (secondary N) is 1. The molecule has 0 aliphatic rings. The maximum atomic E-state index is 12.5. The minimum atomic E-state index is -0.408. The summed E-state index contributed by atoms with van der Waals surface area (Å²) in [5.41, 5.74) is 2.82. The van der Waals surface area contributed by atoms with Gasteiger partial charge in [-0.25, -0.2) is 0 Å². The third kappa shape index (κ3) is 5.82. The molecule has 150 valence electrons. The summed E-state index contributed by atoms with van der Waals surface area (Å²) in [5, 5.41) is 12.3. The zero-order valence-electron chi connectivity index (χ0n) is 16.5. The van der Waals surface area contributed by atoms with Gasteiger partial charge in [-0.05, 0) is 57.8 Å². The van der Waals surface area contributed by atoms with Crippen LogP contribution >= 0.6 is 15.9 Å². The van der Waals surface area contributed by atoms with Crippen LogP contribution < -0.4 is 10.1 Å². The van der Waals surface area contributed by atoms with Crippen molar-refractivity contribution in [2.45, 2.75) is 19.6 Å². The second-order valence-corrected chi connectivity index (χ2v) is 7.59. The van der Waals surface area contributed by atoms with Crippen LogP contribution in [0.3, 0.4) is 0 Å². The van der Waals surface area contributed by atoms with Crippen molar-refractivity contribution in [1.29, 1.82) is 5.26 Å². The fourth-order valence-electron chi connectivity index (χ4n) is 2.87. The van der Waals surface area contributed by atoms with E-state index in [0.29, 0.717) is 12.4 Å². The number of halogens is 1. The Morgan fingerprint density at radius 3 is 2.40 bits per heavy atom. The SMILES string of the molecule is C[C@@H](NC(=O)/C(C#N)=C/c1ccc(OCc2ccccc2)c(Br)c1)c1ccccc1. The van der Waals surface area contributed by atoms with E-state index >= 15 is 0 Å². The Bertz CT molecular complexity index is 1070. The zero-order chi connectivity index (χ0) is 21.3. The topological polar surface area (TPSA) is 62.1 Å². The number of nitriles is 1. The van der Waals surface area contributed by atoms with Gasteiger partial charge in [0, 0.05) is 0 Å². The van der Waals surface area contributed by atoms with Crippen LogP contribution in [0.2, 0.25) is 0 Å². The van der Waals surface area contributed by atoms with Gasteiger partial charge >= 0.3 is 0 Å². The molecule has 0 fully saturated rings.